The molecule has 0 fully saturated rings. The third-order valence-electron chi connectivity index (χ3n) is 3.56. The fourth-order valence-corrected chi connectivity index (χ4v) is 2.44. The van der Waals surface area contributed by atoms with E-state index in [1.54, 1.807) is 12.3 Å². The summed E-state index contributed by atoms with van der Waals surface area (Å²) in [6.45, 7) is 0.274. The van der Waals surface area contributed by atoms with E-state index < -0.39 is 0 Å². The number of nitrogens with one attached hydrogen (secondary N) is 3. The molecule has 3 N–H and O–H groups in total. The smallest absolute Gasteiger partial charge is 0.320 e. The maximum atomic E-state index is 12.0. The maximum absolute atomic E-state index is 12.0. The Morgan fingerprint density at radius 3 is 2.88 bits per heavy atom. The first-order valence-electron chi connectivity index (χ1n) is 7.48. The van der Waals surface area contributed by atoms with Gasteiger partial charge in [-0.3, -0.25) is 5.32 Å². The summed E-state index contributed by atoms with van der Waals surface area (Å²) in [5.41, 5.74) is 2.30. The summed E-state index contributed by atoms with van der Waals surface area (Å²) in [6.07, 6.45) is 1.68. The zero-order valence-electron chi connectivity index (χ0n) is 12.7. The van der Waals surface area contributed by atoms with Gasteiger partial charge in [0, 0.05) is 11.6 Å². The highest BCUT2D eigenvalue weighted by Crippen LogP contribution is 2.14. The summed E-state index contributed by atoms with van der Waals surface area (Å²) in [5.74, 6) is 1.14. The molecule has 4 aromatic rings. The Labute approximate surface area is 137 Å². The van der Waals surface area contributed by atoms with Crippen molar-refractivity contribution in [3.8, 4) is 0 Å². The summed E-state index contributed by atoms with van der Waals surface area (Å²) in [7, 11) is 0. The Morgan fingerprint density at radius 1 is 1.04 bits per heavy atom. The monoisotopic (exact) mass is 318 g/mol. The number of anilines is 1. The largest absolute Gasteiger partial charge is 0.339 e. The lowest BCUT2D eigenvalue weighted by atomic mass is 10.2. The Kier molecular flexibility index (Phi) is 3.51. The van der Waals surface area contributed by atoms with Gasteiger partial charge in [-0.15, -0.1) is 0 Å². The van der Waals surface area contributed by atoms with Crippen LogP contribution in [0.3, 0.4) is 0 Å². The number of aromatic amines is 1. The fraction of sp³-hybridized carbons (Fsp3) is 0.0588. The minimum Gasteiger partial charge on any atom is -0.339 e. The number of H-pyrrole nitrogens is 1. The molecule has 7 nitrogen and oxygen atoms in total. The quantitative estimate of drug-likeness (QED) is 0.541. The van der Waals surface area contributed by atoms with Gasteiger partial charge in [-0.1, -0.05) is 18.2 Å². The number of aromatic nitrogens is 4. The van der Waals surface area contributed by atoms with Crippen molar-refractivity contribution >= 4 is 33.9 Å². The molecule has 24 heavy (non-hydrogen) atoms. The second-order valence-corrected chi connectivity index (χ2v) is 5.25. The molecule has 1 aromatic carbocycles. The van der Waals surface area contributed by atoms with E-state index in [-0.39, 0.29) is 12.6 Å². The molecule has 0 saturated carbocycles. The highest BCUT2D eigenvalue weighted by atomic mass is 16.2. The van der Waals surface area contributed by atoms with Crippen LogP contribution in [0.1, 0.15) is 5.82 Å². The van der Waals surface area contributed by atoms with Crippen LogP contribution in [-0.4, -0.2) is 26.0 Å². The highest BCUT2D eigenvalue weighted by Gasteiger charge is 2.07. The third-order valence-corrected chi connectivity index (χ3v) is 3.56. The molecular weight excluding hydrogens is 304 g/mol. The van der Waals surface area contributed by atoms with Gasteiger partial charge in [-0.25, -0.2) is 19.7 Å². The van der Waals surface area contributed by atoms with Crippen LogP contribution >= 0.6 is 0 Å². The summed E-state index contributed by atoms with van der Waals surface area (Å²) >= 11 is 0. The van der Waals surface area contributed by atoms with Crippen LogP contribution < -0.4 is 10.6 Å². The van der Waals surface area contributed by atoms with Crippen molar-refractivity contribution in [2.24, 2.45) is 0 Å². The molecule has 0 spiro atoms. The Bertz CT molecular complexity index is 993. The molecule has 2 amide bonds. The minimum absolute atomic E-state index is 0.274. The number of hydrogen-bond donors (Lipinski definition) is 3. The van der Waals surface area contributed by atoms with Gasteiger partial charge < -0.3 is 10.3 Å². The summed E-state index contributed by atoms with van der Waals surface area (Å²) in [4.78, 5) is 28.0. The lowest BCUT2D eigenvalue weighted by Crippen LogP contribution is -2.28. The Morgan fingerprint density at radius 2 is 1.96 bits per heavy atom. The molecule has 0 aliphatic carbocycles. The van der Waals surface area contributed by atoms with Gasteiger partial charge in [0.25, 0.3) is 0 Å². The van der Waals surface area contributed by atoms with Crippen LogP contribution in [0.4, 0.5) is 10.6 Å². The van der Waals surface area contributed by atoms with Gasteiger partial charge in [0.15, 0.2) is 5.65 Å². The summed E-state index contributed by atoms with van der Waals surface area (Å²) in [6, 6.07) is 14.8. The molecule has 0 aliphatic rings. The van der Waals surface area contributed by atoms with Crippen molar-refractivity contribution in [1.29, 1.82) is 0 Å². The van der Waals surface area contributed by atoms with Crippen molar-refractivity contribution in [2.75, 3.05) is 5.32 Å². The zero-order valence-corrected chi connectivity index (χ0v) is 12.7. The number of carbonyl (C=O) groups excluding carboxylic acids is 1. The van der Waals surface area contributed by atoms with Crippen LogP contribution in [0.15, 0.2) is 54.7 Å². The van der Waals surface area contributed by atoms with Crippen molar-refractivity contribution < 1.29 is 4.79 Å². The van der Waals surface area contributed by atoms with Crippen LogP contribution in [0.25, 0.3) is 22.1 Å². The van der Waals surface area contributed by atoms with E-state index in [4.69, 9.17) is 0 Å². The van der Waals surface area contributed by atoms with Gasteiger partial charge >= 0.3 is 6.03 Å². The number of urea groups is 1. The Balaban J connectivity index is 1.42. The number of amides is 2. The van der Waals surface area contributed by atoms with E-state index in [0.29, 0.717) is 17.3 Å². The predicted octanol–water partition coefficient (Wildman–Crippen LogP) is 2.83. The number of pyridine rings is 2. The second kappa shape index (κ2) is 5.96. The van der Waals surface area contributed by atoms with Crippen molar-refractivity contribution in [3.63, 3.8) is 0 Å². The number of nitrogens with zero attached hydrogens (tertiary/aromatic N) is 3. The van der Waals surface area contributed by atoms with Crippen molar-refractivity contribution in [2.45, 2.75) is 6.54 Å². The lowest BCUT2D eigenvalue weighted by Gasteiger charge is -2.06. The van der Waals surface area contributed by atoms with Gasteiger partial charge in [0.2, 0.25) is 0 Å². The van der Waals surface area contributed by atoms with Crippen LogP contribution in [0, 0.1) is 0 Å². The van der Waals surface area contributed by atoms with E-state index in [9.17, 15) is 4.79 Å². The van der Waals surface area contributed by atoms with E-state index >= 15 is 0 Å². The first-order valence-corrected chi connectivity index (χ1v) is 7.48. The predicted molar refractivity (Wildman–Crippen MR) is 91.5 cm³/mol. The van der Waals surface area contributed by atoms with Crippen LogP contribution in [-0.2, 0) is 6.54 Å². The highest BCUT2D eigenvalue weighted by molar-refractivity contribution is 5.90. The molecule has 7 heteroatoms. The van der Waals surface area contributed by atoms with Crippen LogP contribution in [0.5, 0.6) is 0 Å². The average molecular weight is 318 g/mol. The van der Waals surface area contributed by atoms with E-state index in [2.05, 4.69) is 30.6 Å². The number of carbonyl (C=O) groups is 1. The molecule has 0 aliphatic heterocycles. The number of para-hydroxylation sites is 1. The number of imidazole rings is 1. The topological polar surface area (TPSA) is 95.6 Å². The zero-order chi connectivity index (χ0) is 16.4. The van der Waals surface area contributed by atoms with E-state index in [1.165, 1.54) is 0 Å². The molecule has 0 atom stereocenters. The van der Waals surface area contributed by atoms with Gasteiger partial charge in [0.05, 0.1) is 17.6 Å². The normalized spacial score (nSPS) is 10.8. The number of hydrogen-bond acceptors (Lipinski definition) is 4. The second-order valence-electron chi connectivity index (χ2n) is 5.25. The van der Waals surface area contributed by atoms with Gasteiger partial charge in [-0.05, 0) is 30.3 Å². The third kappa shape index (κ3) is 2.87. The average Bonchev–Trinajstić information content (AvgIpc) is 3.03. The number of fused-ring (bicyclic) bond motifs is 2. The first kappa shape index (κ1) is 14.1. The number of rotatable bonds is 3. The van der Waals surface area contributed by atoms with E-state index in [0.717, 1.165) is 16.4 Å². The molecule has 0 unspecified atom stereocenters. The molecule has 3 heterocycles. The summed E-state index contributed by atoms with van der Waals surface area (Å²) in [5, 5.41) is 6.49. The number of benzene rings is 1. The maximum Gasteiger partial charge on any atom is 0.320 e. The molecule has 0 saturated heterocycles. The Hall–Kier alpha value is -3.48. The summed E-state index contributed by atoms with van der Waals surface area (Å²) < 4.78 is 0. The van der Waals surface area contributed by atoms with E-state index in [1.807, 2.05) is 42.5 Å². The molecule has 0 radical (unpaired) electrons. The van der Waals surface area contributed by atoms with Crippen LogP contribution in [0.2, 0.25) is 0 Å². The molecular formula is C17H14N6O. The fourth-order valence-electron chi connectivity index (χ4n) is 2.44. The molecule has 4 rings (SSSR count). The molecule has 118 valence electrons. The first-order chi connectivity index (χ1) is 11.8. The minimum atomic E-state index is -0.341. The standard InChI is InChI=1S/C17H14N6O/c24-17(19-10-15-21-13-6-3-9-18-16(13)22-15)23-14-8-7-11-4-1-2-5-12(11)20-14/h1-9H,10H2,(H,18,21,22)(H2,19,20,23,24). The van der Waals surface area contributed by atoms with Crippen molar-refractivity contribution in [3.05, 3.63) is 60.6 Å². The molecule has 0 bridgehead atoms. The molecule has 3 aromatic heterocycles. The van der Waals surface area contributed by atoms with Gasteiger partial charge in [0.1, 0.15) is 11.6 Å². The lowest BCUT2D eigenvalue weighted by molar-refractivity contribution is 0.251. The van der Waals surface area contributed by atoms with Crippen molar-refractivity contribution in [1.82, 2.24) is 25.3 Å². The SMILES string of the molecule is O=C(NCc1nc2ncccc2[nH]1)Nc1ccc2ccccc2n1. The van der Waals surface area contributed by atoms with Gasteiger partial charge in [-0.2, -0.15) is 0 Å².